The number of benzene rings is 2. The van der Waals surface area contributed by atoms with Crippen LogP contribution in [0.15, 0.2) is 77.4 Å². The van der Waals surface area contributed by atoms with E-state index in [1.807, 2.05) is 55.5 Å². The van der Waals surface area contributed by atoms with Crippen LogP contribution in [0.5, 0.6) is 0 Å². The molecule has 8 heteroatoms. The SMILES string of the molecule is Cc1cccn2c(NC(=O)CS(=O)(=O)Cc3cccc(Br)c3)c(-c3ccccc3)nc12. The maximum Gasteiger partial charge on any atom is 0.240 e. The number of anilines is 1. The summed E-state index contributed by atoms with van der Waals surface area (Å²) in [6, 6.07) is 20.3. The predicted molar refractivity (Wildman–Crippen MR) is 126 cm³/mol. The second-order valence-corrected chi connectivity index (χ2v) is 10.3. The Morgan fingerprint density at radius 1 is 1.06 bits per heavy atom. The summed E-state index contributed by atoms with van der Waals surface area (Å²) in [4.78, 5) is 17.5. The zero-order valence-electron chi connectivity index (χ0n) is 16.7. The summed E-state index contributed by atoms with van der Waals surface area (Å²) >= 11 is 3.34. The van der Waals surface area contributed by atoms with Crippen molar-refractivity contribution < 1.29 is 13.2 Å². The van der Waals surface area contributed by atoms with E-state index in [-0.39, 0.29) is 5.75 Å². The molecule has 0 aliphatic heterocycles. The van der Waals surface area contributed by atoms with Gasteiger partial charge in [0.2, 0.25) is 5.91 Å². The molecular formula is C23H20BrN3O3S. The number of carbonyl (C=O) groups excluding carboxylic acids is 1. The molecule has 4 rings (SSSR count). The molecule has 158 valence electrons. The number of imidazole rings is 1. The average molecular weight is 498 g/mol. The van der Waals surface area contributed by atoms with Gasteiger partial charge in [0.15, 0.2) is 9.84 Å². The maximum absolute atomic E-state index is 12.8. The predicted octanol–water partition coefficient (Wildman–Crippen LogP) is 4.63. The van der Waals surface area contributed by atoms with Crippen molar-refractivity contribution in [1.29, 1.82) is 0 Å². The number of pyridine rings is 1. The van der Waals surface area contributed by atoms with E-state index < -0.39 is 21.5 Å². The molecule has 6 nitrogen and oxygen atoms in total. The van der Waals surface area contributed by atoms with Crippen LogP contribution < -0.4 is 5.32 Å². The van der Waals surface area contributed by atoms with Crippen LogP contribution in [-0.4, -0.2) is 29.5 Å². The molecule has 0 radical (unpaired) electrons. The number of aromatic nitrogens is 2. The molecule has 0 aliphatic rings. The van der Waals surface area contributed by atoms with Crippen molar-refractivity contribution in [2.75, 3.05) is 11.1 Å². The summed E-state index contributed by atoms with van der Waals surface area (Å²) in [6.07, 6.45) is 1.80. The van der Waals surface area contributed by atoms with Crippen LogP contribution >= 0.6 is 15.9 Å². The van der Waals surface area contributed by atoms with Crippen molar-refractivity contribution in [3.05, 3.63) is 88.5 Å². The highest BCUT2D eigenvalue weighted by molar-refractivity contribution is 9.10. The Morgan fingerprint density at radius 3 is 2.58 bits per heavy atom. The molecule has 0 saturated carbocycles. The van der Waals surface area contributed by atoms with E-state index in [0.717, 1.165) is 15.6 Å². The first-order valence-corrected chi connectivity index (χ1v) is 12.2. The lowest BCUT2D eigenvalue weighted by Crippen LogP contribution is -2.24. The van der Waals surface area contributed by atoms with Crippen molar-refractivity contribution in [3.8, 4) is 11.3 Å². The van der Waals surface area contributed by atoms with Gasteiger partial charge in [0.05, 0.1) is 5.75 Å². The van der Waals surface area contributed by atoms with Crippen LogP contribution in [-0.2, 0) is 20.4 Å². The largest absolute Gasteiger partial charge is 0.309 e. The van der Waals surface area contributed by atoms with Crippen LogP contribution in [0.2, 0.25) is 0 Å². The van der Waals surface area contributed by atoms with Gasteiger partial charge in [-0.25, -0.2) is 13.4 Å². The van der Waals surface area contributed by atoms with Crippen molar-refractivity contribution in [3.63, 3.8) is 0 Å². The number of fused-ring (bicyclic) bond motifs is 1. The van der Waals surface area contributed by atoms with E-state index in [1.165, 1.54) is 0 Å². The summed E-state index contributed by atoms with van der Waals surface area (Å²) in [6.45, 7) is 1.94. The van der Waals surface area contributed by atoms with Crippen molar-refractivity contribution >= 4 is 43.1 Å². The van der Waals surface area contributed by atoms with Crippen LogP contribution in [0.4, 0.5) is 5.82 Å². The van der Waals surface area contributed by atoms with Crippen molar-refractivity contribution in [2.45, 2.75) is 12.7 Å². The van der Waals surface area contributed by atoms with Gasteiger partial charge in [0, 0.05) is 16.2 Å². The zero-order chi connectivity index (χ0) is 22.0. The van der Waals surface area contributed by atoms with Gasteiger partial charge in [0.1, 0.15) is 22.9 Å². The molecule has 1 amide bonds. The second-order valence-electron chi connectivity index (χ2n) is 7.27. The molecule has 4 aromatic rings. The van der Waals surface area contributed by atoms with Gasteiger partial charge in [-0.1, -0.05) is 64.5 Å². The lowest BCUT2D eigenvalue weighted by Gasteiger charge is -2.09. The monoisotopic (exact) mass is 497 g/mol. The summed E-state index contributed by atoms with van der Waals surface area (Å²) < 4.78 is 27.8. The summed E-state index contributed by atoms with van der Waals surface area (Å²) in [7, 11) is -3.66. The summed E-state index contributed by atoms with van der Waals surface area (Å²) in [5.74, 6) is -0.979. The number of amides is 1. The Hall–Kier alpha value is -2.97. The second kappa shape index (κ2) is 8.64. The Labute approximate surface area is 189 Å². The topological polar surface area (TPSA) is 80.5 Å². The first kappa shape index (κ1) is 21.3. The van der Waals surface area contributed by atoms with E-state index in [1.54, 1.807) is 28.8 Å². The zero-order valence-corrected chi connectivity index (χ0v) is 19.2. The van der Waals surface area contributed by atoms with Crippen LogP contribution in [0.3, 0.4) is 0 Å². The average Bonchev–Trinajstić information content (AvgIpc) is 3.07. The number of nitrogens with one attached hydrogen (secondary N) is 1. The Balaban J connectivity index is 1.63. The smallest absolute Gasteiger partial charge is 0.240 e. The van der Waals surface area contributed by atoms with Gasteiger partial charge in [-0.3, -0.25) is 9.20 Å². The molecule has 0 aliphatic carbocycles. The third-order valence-corrected chi connectivity index (χ3v) is 6.75. The van der Waals surface area contributed by atoms with Gasteiger partial charge in [-0.15, -0.1) is 0 Å². The van der Waals surface area contributed by atoms with E-state index in [4.69, 9.17) is 4.98 Å². The van der Waals surface area contributed by atoms with Gasteiger partial charge < -0.3 is 5.32 Å². The number of hydrogen-bond acceptors (Lipinski definition) is 4. The Morgan fingerprint density at radius 2 is 1.84 bits per heavy atom. The van der Waals surface area contributed by atoms with Gasteiger partial charge in [-0.2, -0.15) is 0 Å². The third kappa shape index (κ3) is 4.86. The molecule has 2 aromatic heterocycles. The molecule has 1 N–H and O–H groups in total. The number of halogens is 1. The first-order chi connectivity index (χ1) is 14.8. The minimum atomic E-state index is -3.66. The standard InChI is InChI=1S/C23H20BrN3O3S/c1-16-7-6-12-27-22(16)26-21(18-9-3-2-4-10-18)23(27)25-20(28)15-31(29,30)14-17-8-5-11-19(24)13-17/h2-13H,14-15H2,1H3,(H,25,28). The molecule has 2 heterocycles. The summed E-state index contributed by atoms with van der Waals surface area (Å²) in [5, 5.41) is 2.79. The first-order valence-electron chi connectivity index (χ1n) is 9.60. The highest BCUT2D eigenvalue weighted by Gasteiger charge is 2.22. The number of sulfone groups is 1. The van der Waals surface area contributed by atoms with E-state index in [2.05, 4.69) is 21.2 Å². The maximum atomic E-state index is 12.8. The fourth-order valence-electron chi connectivity index (χ4n) is 3.42. The number of aryl methyl sites for hydroxylation is 1. The third-order valence-electron chi connectivity index (χ3n) is 4.78. The minimum absolute atomic E-state index is 0.211. The van der Waals surface area contributed by atoms with Gasteiger partial charge >= 0.3 is 0 Å². The van der Waals surface area contributed by atoms with E-state index in [9.17, 15) is 13.2 Å². The molecule has 0 bridgehead atoms. The van der Waals surface area contributed by atoms with E-state index in [0.29, 0.717) is 22.7 Å². The molecular weight excluding hydrogens is 478 g/mol. The van der Waals surface area contributed by atoms with E-state index >= 15 is 0 Å². The lowest BCUT2D eigenvalue weighted by molar-refractivity contribution is -0.113. The molecule has 0 fully saturated rings. The quantitative estimate of drug-likeness (QED) is 0.421. The molecule has 2 aromatic carbocycles. The number of nitrogens with zero attached hydrogens (tertiary/aromatic N) is 2. The number of hydrogen-bond donors (Lipinski definition) is 1. The fourth-order valence-corrected chi connectivity index (χ4v) is 5.13. The fraction of sp³-hybridized carbons (Fsp3) is 0.130. The molecule has 0 atom stereocenters. The van der Waals surface area contributed by atoms with Crippen molar-refractivity contribution in [1.82, 2.24) is 9.38 Å². The number of carbonyl (C=O) groups is 1. The van der Waals surface area contributed by atoms with Crippen molar-refractivity contribution in [2.24, 2.45) is 0 Å². The molecule has 0 spiro atoms. The molecule has 31 heavy (non-hydrogen) atoms. The molecule has 0 unspecified atom stereocenters. The normalized spacial score (nSPS) is 11.5. The van der Waals surface area contributed by atoms with Crippen LogP contribution in [0.1, 0.15) is 11.1 Å². The Bertz CT molecular complexity index is 1370. The Kier molecular flexibility index (Phi) is 5.93. The lowest BCUT2D eigenvalue weighted by atomic mass is 10.1. The highest BCUT2D eigenvalue weighted by Crippen LogP contribution is 2.29. The number of rotatable bonds is 6. The van der Waals surface area contributed by atoms with Gasteiger partial charge in [-0.05, 0) is 36.2 Å². The van der Waals surface area contributed by atoms with Crippen LogP contribution in [0, 0.1) is 6.92 Å². The highest BCUT2D eigenvalue weighted by atomic mass is 79.9. The summed E-state index contributed by atoms with van der Waals surface area (Å²) in [5.41, 5.74) is 3.69. The van der Waals surface area contributed by atoms with Crippen LogP contribution in [0.25, 0.3) is 16.9 Å². The van der Waals surface area contributed by atoms with Gasteiger partial charge in [0.25, 0.3) is 0 Å². The minimum Gasteiger partial charge on any atom is -0.309 e. The molecule has 0 saturated heterocycles.